The fourth-order valence-corrected chi connectivity index (χ4v) is 3.82. The second kappa shape index (κ2) is 21.4. The Balaban J connectivity index is 0.000000638. The summed E-state index contributed by atoms with van der Waals surface area (Å²) in [5, 5.41) is 12.4. The van der Waals surface area contributed by atoms with Gasteiger partial charge in [-0.1, -0.05) is 75.6 Å². The zero-order valence-electron chi connectivity index (χ0n) is 25.8. The number of hydrogen-bond acceptors (Lipinski definition) is 5. The van der Waals surface area contributed by atoms with Crippen molar-refractivity contribution in [1.82, 2.24) is 21.3 Å². The summed E-state index contributed by atoms with van der Waals surface area (Å²) in [6, 6.07) is 14.1. The molecule has 2 aromatic carbocycles. The summed E-state index contributed by atoms with van der Waals surface area (Å²) in [4.78, 5) is 24.9. The van der Waals surface area contributed by atoms with Gasteiger partial charge in [-0.2, -0.15) is 0 Å². The Bertz CT molecular complexity index is 1020. The van der Waals surface area contributed by atoms with Gasteiger partial charge < -0.3 is 26.0 Å². The van der Waals surface area contributed by atoms with E-state index in [0.29, 0.717) is 26.1 Å². The number of carbonyl (C=O) groups is 2. The van der Waals surface area contributed by atoms with E-state index >= 15 is 0 Å². The van der Waals surface area contributed by atoms with Gasteiger partial charge in [0.15, 0.2) is 0 Å². The van der Waals surface area contributed by atoms with Crippen LogP contribution in [0.4, 0.5) is 4.39 Å². The SMILES string of the molecule is CC=C1CN[C@@H](C)COc2ccccc2CCCNC(=O)C(CCC)NC(=O)CN1.CCC.Cc1ccc(F)cc1. The molecule has 228 valence electrons. The summed E-state index contributed by atoms with van der Waals surface area (Å²) >= 11 is 0. The molecular weight excluding hydrogens is 519 g/mol. The lowest BCUT2D eigenvalue weighted by molar-refractivity contribution is -0.128. The first-order valence-corrected chi connectivity index (χ1v) is 14.9. The second-order valence-corrected chi connectivity index (χ2v) is 10.2. The molecule has 2 atom stereocenters. The lowest BCUT2D eigenvalue weighted by Gasteiger charge is -2.21. The molecule has 3 rings (SSSR count). The Hall–Kier alpha value is -3.39. The van der Waals surface area contributed by atoms with Crippen molar-refractivity contribution < 1.29 is 18.7 Å². The predicted octanol–water partition coefficient (Wildman–Crippen LogP) is 5.43. The van der Waals surface area contributed by atoms with E-state index in [2.05, 4.69) is 48.1 Å². The molecule has 8 heteroatoms. The first-order chi connectivity index (χ1) is 19.7. The van der Waals surface area contributed by atoms with Crippen LogP contribution >= 0.6 is 0 Å². The van der Waals surface area contributed by atoms with E-state index in [9.17, 15) is 14.0 Å². The summed E-state index contributed by atoms with van der Waals surface area (Å²) < 4.78 is 18.1. The molecule has 0 bridgehead atoms. The van der Waals surface area contributed by atoms with Gasteiger partial charge in [-0.25, -0.2) is 4.39 Å². The van der Waals surface area contributed by atoms with Crippen molar-refractivity contribution in [3.8, 4) is 5.75 Å². The molecule has 41 heavy (non-hydrogen) atoms. The van der Waals surface area contributed by atoms with Gasteiger partial charge >= 0.3 is 0 Å². The van der Waals surface area contributed by atoms with Crippen LogP contribution in [-0.2, 0) is 16.0 Å². The molecule has 7 nitrogen and oxygen atoms in total. The highest BCUT2D eigenvalue weighted by Crippen LogP contribution is 2.19. The third-order valence-corrected chi connectivity index (χ3v) is 6.09. The molecule has 0 aliphatic carbocycles. The minimum Gasteiger partial charge on any atom is -0.492 e. The Morgan fingerprint density at radius 1 is 1.00 bits per heavy atom. The third-order valence-electron chi connectivity index (χ3n) is 6.09. The molecule has 1 aliphatic heterocycles. The van der Waals surface area contributed by atoms with Crippen LogP contribution in [0.3, 0.4) is 0 Å². The number of fused-ring (bicyclic) bond motifs is 1. The number of nitrogens with one attached hydrogen (secondary N) is 4. The van der Waals surface area contributed by atoms with Crippen molar-refractivity contribution in [2.75, 3.05) is 26.2 Å². The van der Waals surface area contributed by atoms with Gasteiger partial charge in [0.05, 0.1) is 6.54 Å². The molecule has 4 N–H and O–H groups in total. The molecule has 0 radical (unpaired) electrons. The Morgan fingerprint density at radius 2 is 1.68 bits per heavy atom. The third kappa shape index (κ3) is 15.8. The van der Waals surface area contributed by atoms with Crippen molar-refractivity contribution >= 4 is 11.8 Å². The zero-order chi connectivity index (χ0) is 30.5. The second-order valence-electron chi connectivity index (χ2n) is 10.2. The Morgan fingerprint density at radius 3 is 2.32 bits per heavy atom. The number of amides is 2. The molecule has 2 amide bonds. The van der Waals surface area contributed by atoms with Crippen LogP contribution in [0.15, 0.2) is 60.3 Å². The number of rotatable bonds is 2. The van der Waals surface area contributed by atoms with Gasteiger partial charge in [0.25, 0.3) is 0 Å². The average Bonchev–Trinajstić information content (AvgIpc) is 2.96. The van der Waals surface area contributed by atoms with Gasteiger partial charge in [0.1, 0.15) is 24.2 Å². The van der Waals surface area contributed by atoms with Crippen molar-refractivity contribution in [2.24, 2.45) is 0 Å². The molecular formula is C33H51FN4O3. The molecule has 0 spiro atoms. The first kappa shape index (κ1) is 35.6. The normalized spacial score (nSPS) is 19.6. The maximum atomic E-state index is 12.6. The molecule has 1 heterocycles. The number of carbonyl (C=O) groups excluding carboxylic acids is 2. The van der Waals surface area contributed by atoms with Crippen LogP contribution in [0.25, 0.3) is 0 Å². The van der Waals surface area contributed by atoms with Crippen molar-refractivity contribution in [1.29, 1.82) is 0 Å². The van der Waals surface area contributed by atoms with E-state index < -0.39 is 6.04 Å². The van der Waals surface area contributed by atoms with E-state index in [4.69, 9.17) is 4.74 Å². The monoisotopic (exact) mass is 570 g/mol. The fraction of sp³-hybridized carbons (Fsp3) is 0.515. The lowest BCUT2D eigenvalue weighted by Crippen LogP contribution is -2.49. The van der Waals surface area contributed by atoms with Crippen LogP contribution in [-0.4, -0.2) is 50.1 Å². The van der Waals surface area contributed by atoms with Gasteiger partial charge in [-0.3, -0.25) is 9.59 Å². The topological polar surface area (TPSA) is 91.5 Å². The smallest absolute Gasteiger partial charge is 0.242 e. The minimum atomic E-state index is -0.508. The van der Waals surface area contributed by atoms with Gasteiger partial charge in [-0.15, -0.1) is 0 Å². The van der Waals surface area contributed by atoms with Crippen LogP contribution in [0, 0.1) is 12.7 Å². The molecule has 2 aromatic rings. The maximum Gasteiger partial charge on any atom is 0.242 e. The van der Waals surface area contributed by atoms with E-state index in [0.717, 1.165) is 41.8 Å². The summed E-state index contributed by atoms with van der Waals surface area (Å²) in [5.74, 6) is 0.404. The number of halogens is 1. The summed E-state index contributed by atoms with van der Waals surface area (Å²) in [7, 11) is 0. The van der Waals surface area contributed by atoms with Crippen molar-refractivity contribution in [3.05, 3.63) is 77.2 Å². The highest BCUT2D eigenvalue weighted by molar-refractivity contribution is 5.88. The van der Waals surface area contributed by atoms with Gasteiger partial charge in [0, 0.05) is 24.8 Å². The average molecular weight is 571 g/mol. The summed E-state index contributed by atoms with van der Waals surface area (Å²) in [6.07, 6.45) is 6.24. The predicted molar refractivity (Wildman–Crippen MR) is 166 cm³/mol. The van der Waals surface area contributed by atoms with E-state index in [-0.39, 0.29) is 30.2 Å². The standard InChI is InChI=1S/C23H36N4O3.C7H7F.C3H8/c1-4-9-20-23(29)24-13-8-11-18-10-6-7-12-21(18)30-16-17(3)25-14-19(5-2)26-15-22(28)27-20;1-6-2-4-7(8)5-3-6;1-3-2/h5-7,10,12,17,20,25-26H,4,8-9,11,13-16H2,1-3H3,(H,24,29)(H,27,28);2-5H,1H3;3H2,1-2H3/t17-,20?;;/m0../s1. The highest BCUT2D eigenvalue weighted by atomic mass is 19.1. The number of hydrogen-bond donors (Lipinski definition) is 4. The number of benzene rings is 2. The van der Waals surface area contributed by atoms with E-state index in [1.54, 1.807) is 12.1 Å². The molecule has 0 aromatic heterocycles. The van der Waals surface area contributed by atoms with Crippen LogP contribution in [0.5, 0.6) is 5.75 Å². The fourth-order valence-electron chi connectivity index (χ4n) is 3.82. The first-order valence-electron chi connectivity index (χ1n) is 14.9. The molecule has 1 unspecified atom stereocenters. The zero-order valence-corrected chi connectivity index (χ0v) is 25.8. The minimum absolute atomic E-state index is 0.127. The summed E-state index contributed by atoms with van der Waals surface area (Å²) in [5.41, 5.74) is 3.15. The molecule has 1 aliphatic rings. The van der Waals surface area contributed by atoms with Crippen LogP contribution < -0.4 is 26.0 Å². The molecule has 0 saturated heterocycles. The van der Waals surface area contributed by atoms with Crippen molar-refractivity contribution in [2.45, 2.75) is 85.7 Å². The van der Waals surface area contributed by atoms with E-state index in [1.807, 2.05) is 45.0 Å². The number of aryl methyl sites for hydroxylation is 2. The van der Waals surface area contributed by atoms with Crippen LogP contribution in [0.1, 0.15) is 71.4 Å². The Kier molecular flexibility index (Phi) is 18.6. The number of para-hydroxylation sites is 1. The van der Waals surface area contributed by atoms with Gasteiger partial charge in [-0.05, 0) is 63.8 Å². The Labute approximate surface area is 246 Å². The quantitative estimate of drug-likeness (QED) is 0.386. The van der Waals surface area contributed by atoms with Crippen LogP contribution in [0.2, 0.25) is 0 Å². The number of ether oxygens (including phenoxy) is 1. The lowest BCUT2D eigenvalue weighted by atomic mass is 10.1. The number of allylic oxidation sites excluding steroid dienone is 1. The van der Waals surface area contributed by atoms with Crippen molar-refractivity contribution in [3.63, 3.8) is 0 Å². The maximum absolute atomic E-state index is 12.6. The molecule has 0 saturated carbocycles. The molecule has 0 fully saturated rings. The summed E-state index contributed by atoms with van der Waals surface area (Å²) in [6.45, 7) is 14.0. The van der Waals surface area contributed by atoms with E-state index in [1.165, 1.54) is 18.6 Å². The van der Waals surface area contributed by atoms with Gasteiger partial charge in [0.2, 0.25) is 11.8 Å². The largest absolute Gasteiger partial charge is 0.492 e. The highest BCUT2D eigenvalue weighted by Gasteiger charge is 2.19.